The minimum atomic E-state index is -0.279. The second-order valence-electron chi connectivity index (χ2n) is 6.11. The van der Waals surface area contributed by atoms with Crippen LogP contribution in [0, 0.1) is 0 Å². The maximum atomic E-state index is 12.6. The number of nitrogens with one attached hydrogen (secondary N) is 1. The summed E-state index contributed by atoms with van der Waals surface area (Å²) >= 11 is 1.40. The number of amides is 1. The van der Waals surface area contributed by atoms with Crippen molar-refractivity contribution in [3.8, 4) is 0 Å². The van der Waals surface area contributed by atoms with Crippen LogP contribution < -0.4 is 11.0 Å². The molecular weight excluding hydrogens is 350 g/mol. The predicted octanol–water partition coefficient (Wildman–Crippen LogP) is 3.22. The molecule has 1 aromatic carbocycles. The molecule has 8 heteroatoms. The number of hydrogen-bond acceptors (Lipinski definition) is 5. The van der Waals surface area contributed by atoms with Gasteiger partial charge in [0.25, 0.3) is 0 Å². The lowest BCUT2D eigenvalue weighted by molar-refractivity contribution is -0.116. The van der Waals surface area contributed by atoms with Gasteiger partial charge in [-0.3, -0.25) is 19.2 Å². The second-order valence-corrected chi connectivity index (χ2v) is 7.12. The summed E-state index contributed by atoms with van der Waals surface area (Å²) in [5, 5.41) is 12.4. The molecule has 138 valence electrons. The van der Waals surface area contributed by atoms with E-state index in [-0.39, 0.29) is 18.1 Å². The van der Waals surface area contributed by atoms with E-state index in [1.807, 2.05) is 31.2 Å². The van der Waals surface area contributed by atoms with Gasteiger partial charge in [-0.25, -0.2) is 4.79 Å². The van der Waals surface area contributed by atoms with E-state index in [9.17, 15) is 9.59 Å². The van der Waals surface area contributed by atoms with Crippen LogP contribution in [0.1, 0.15) is 44.5 Å². The van der Waals surface area contributed by atoms with Gasteiger partial charge in [0.15, 0.2) is 0 Å². The number of carbonyl (C=O) groups is 1. The summed E-state index contributed by atoms with van der Waals surface area (Å²) in [7, 11) is 0. The molecule has 0 radical (unpaired) electrons. The third kappa shape index (κ3) is 3.41. The van der Waals surface area contributed by atoms with E-state index in [0.29, 0.717) is 17.6 Å². The Morgan fingerprint density at radius 2 is 1.77 bits per heavy atom. The molecule has 0 spiro atoms. The molecule has 0 unspecified atom stereocenters. The fourth-order valence-corrected chi connectivity index (χ4v) is 4.15. The zero-order chi connectivity index (χ0) is 18.7. The van der Waals surface area contributed by atoms with Gasteiger partial charge < -0.3 is 0 Å². The number of para-hydroxylation sites is 2. The second kappa shape index (κ2) is 7.82. The Morgan fingerprint density at radius 3 is 2.38 bits per heavy atom. The highest BCUT2D eigenvalue weighted by atomic mass is 32.1. The van der Waals surface area contributed by atoms with Crippen molar-refractivity contribution < 1.29 is 4.79 Å². The predicted molar refractivity (Wildman–Crippen MR) is 104 cm³/mol. The summed E-state index contributed by atoms with van der Waals surface area (Å²) < 4.78 is 3.16. The molecule has 2 heterocycles. The Kier molecular flexibility index (Phi) is 5.51. The van der Waals surface area contributed by atoms with E-state index in [1.165, 1.54) is 15.9 Å². The molecule has 3 rings (SSSR count). The molecule has 0 aliphatic carbocycles. The van der Waals surface area contributed by atoms with Crippen LogP contribution in [-0.2, 0) is 17.9 Å². The Balaban J connectivity index is 1.80. The molecule has 0 saturated carbocycles. The van der Waals surface area contributed by atoms with Gasteiger partial charge in [0, 0.05) is 12.5 Å². The highest BCUT2D eigenvalue weighted by Gasteiger charge is 2.17. The van der Waals surface area contributed by atoms with Crippen molar-refractivity contribution in [1.82, 2.24) is 19.3 Å². The number of benzene rings is 1. The van der Waals surface area contributed by atoms with Crippen LogP contribution in [-0.4, -0.2) is 25.2 Å². The van der Waals surface area contributed by atoms with Crippen LogP contribution in [0.4, 0.5) is 5.13 Å². The molecule has 0 atom stereocenters. The highest BCUT2D eigenvalue weighted by molar-refractivity contribution is 7.15. The van der Waals surface area contributed by atoms with Crippen molar-refractivity contribution in [2.75, 3.05) is 5.32 Å². The van der Waals surface area contributed by atoms with Gasteiger partial charge in [-0.1, -0.05) is 37.3 Å². The van der Waals surface area contributed by atoms with E-state index in [2.05, 4.69) is 29.4 Å². The van der Waals surface area contributed by atoms with Crippen molar-refractivity contribution in [3.05, 3.63) is 39.8 Å². The minimum absolute atomic E-state index is 0.0494. The molecule has 1 N–H and O–H groups in total. The molecule has 26 heavy (non-hydrogen) atoms. The van der Waals surface area contributed by atoms with E-state index >= 15 is 0 Å². The number of rotatable bonds is 7. The first-order valence-corrected chi connectivity index (χ1v) is 9.71. The number of nitrogens with zero attached hydrogens (tertiary/aromatic N) is 4. The van der Waals surface area contributed by atoms with Gasteiger partial charge in [0.05, 0.1) is 11.0 Å². The standard InChI is InChI=1S/C18H23N5O2S/c1-4-12(5-2)16-20-21-17(26-16)19-15(24)11-23-14-10-8-7-9-13(14)22(6-3)18(23)25/h7-10,12H,4-6,11H2,1-3H3,(H,19,21,24). The van der Waals surface area contributed by atoms with Crippen LogP contribution in [0.5, 0.6) is 0 Å². The zero-order valence-electron chi connectivity index (χ0n) is 15.2. The van der Waals surface area contributed by atoms with Crippen LogP contribution in [0.2, 0.25) is 0 Å². The van der Waals surface area contributed by atoms with Gasteiger partial charge in [-0.15, -0.1) is 10.2 Å². The number of carbonyl (C=O) groups excluding carboxylic acids is 1. The first kappa shape index (κ1) is 18.3. The van der Waals surface area contributed by atoms with Crippen LogP contribution in [0.25, 0.3) is 11.0 Å². The van der Waals surface area contributed by atoms with E-state index in [0.717, 1.165) is 28.9 Å². The average Bonchev–Trinajstić information content (AvgIpc) is 3.19. The first-order valence-electron chi connectivity index (χ1n) is 8.90. The van der Waals surface area contributed by atoms with Gasteiger partial charge in [-0.05, 0) is 31.9 Å². The normalized spacial score (nSPS) is 11.4. The van der Waals surface area contributed by atoms with Gasteiger partial charge in [0.1, 0.15) is 11.6 Å². The lowest BCUT2D eigenvalue weighted by atomic mass is 10.1. The maximum Gasteiger partial charge on any atom is 0.329 e. The third-order valence-corrected chi connectivity index (χ3v) is 5.57. The van der Waals surface area contributed by atoms with Crippen LogP contribution in [0.3, 0.4) is 0 Å². The van der Waals surface area contributed by atoms with Gasteiger partial charge >= 0.3 is 5.69 Å². The summed E-state index contributed by atoms with van der Waals surface area (Å²) in [5.74, 6) is 0.0849. The molecule has 1 amide bonds. The minimum Gasteiger partial charge on any atom is -0.299 e. The summed E-state index contributed by atoms with van der Waals surface area (Å²) in [6.45, 7) is 6.65. The number of imidazole rings is 1. The average molecular weight is 373 g/mol. The van der Waals surface area contributed by atoms with Crippen molar-refractivity contribution in [3.63, 3.8) is 0 Å². The number of fused-ring (bicyclic) bond motifs is 1. The molecule has 0 bridgehead atoms. The molecule has 0 aliphatic rings. The zero-order valence-corrected chi connectivity index (χ0v) is 16.0. The van der Waals surface area contributed by atoms with Crippen LogP contribution in [0.15, 0.2) is 29.1 Å². The van der Waals surface area contributed by atoms with Crippen molar-refractivity contribution in [2.24, 2.45) is 0 Å². The van der Waals surface area contributed by atoms with Crippen molar-refractivity contribution in [1.29, 1.82) is 0 Å². The van der Waals surface area contributed by atoms with Crippen molar-refractivity contribution >= 4 is 33.4 Å². The monoisotopic (exact) mass is 373 g/mol. The Labute approximate surface area is 155 Å². The molecule has 2 aromatic heterocycles. The highest BCUT2D eigenvalue weighted by Crippen LogP contribution is 2.28. The fourth-order valence-electron chi connectivity index (χ4n) is 3.12. The van der Waals surface area contributed by atoms with E-state index in [4.69, 9.17) is 0 Å². The summed E-state index contributed by atoms with van der Waals surface area (Å²) in [6.07, 6.45) is 1.98. The summed E-state index contributed by atoms with van der Waals surface area (Å²) in [4.78, 5) is 25.1. The Bertz CT molecular complexity index is 968. The SMILES string of the molecule is CCC(CC)c1nnc(NC(=O)Cn2c(=O)n(CC)c3ccccc32)s1. The molecular formula is C18H23N5O2S. The largest absolute Gasteiger partial charge is 0.329 e. The molecule has 0 fully saturated rings. The Hall–Kier alpha value is -2.48. The van der Waals surface area contributed by atoms with Crippen molar-refractivity contribution in [2.45, 2.75) is 52.6 Å². The lowest BCUT2D eigenvalue weighted by Crippen LogP contribution is -2.29. The number of aromatic nitrogens is 4. The summed E-state index contributed by atoms with van der Waals surface area (Å²) in [5.41, 5.74) is 1.41. The smallest absolute Gasteiger partial charge is 0.299 e. The quantitative estimate of drug-likeness (QED) is 0.689. The third-order valence-electron chi connectivity index (χ3n) is 4.56. The van der Waals surface area contributed by atoms with Gasteiger partial charge in [-0.2, -0.15) is 0 Å². The van der Waals surface area contributed by atoms with Crippen LogP contribution >= 0.6 is 11.3 Å². The Morgan fingerprint density at radius 1 is 1.12 bits per heavy atom. The lowest BCUT2D eigenvalue weighted by Gasteiger charge is -2.06. The maximum absolute atomic E-state index is 12.6. The number of aryl methyl sites for hydroxylation is 1. The molecule has 0 aliphatic heterocycles. The van der Waals surface area contributed by atoms with E-state index in [1.54, 1.807) is 4.57 Å². The molecule has 0 saturated heterocycles. The molecule has 7 nitrogen and oxygen atoms in total. The number of hydrogen-bond donors (Lipinski definition) is 1. The number of anilines is 1. The van der Waals surface area contributed by atoms with E-state index < -0.39 is 0 Å². The fraction of sp³-hybridized carbons (Fsp3) is 0.444. The van der Waals surface area contributed by atoms with Gasteiger partial charge in [0.2, 0.25) is 11.0 Å². The summed E-state index contributed by atoms with van der Waals surface area (Å²) in [6, 6.07) is 7.50. The molecule has 3 aromatic rings. The first-order chi connectivity index (χ1) is 12.6. The topological polar surface area (TPSA) is 81.8 Å².